The lowest BCUT2D eigenvalue weighted by Crippen LogP contribution is -2.49. The summed E-state index contributed by atoms with van der Waals surface area (Å²) in [5, 5.41) is 0. The van der Waals surface area contributed by atoms with Gasteiger partial charge in [-0.1, -0.05) is 32.1 Å². The predicted molar refractivity (Wildman–Crippen MR) is 93.8 cm³/mol. The Balaban J connectivity index is 1.56. The molecule has 136 valence electrons. The monoisotopic (exact) mass is 335 g/mol. The summed E-state index contributed by atoms with van der Waals surface area (Å²) in [5.41, 5.74) is -0.454. The highest BCUT2D eigenvalue weighted by Gasteiger charge is 2.46. The summed E-state index contributed by atoms with van der Waals surface area (Å²) >= 11 is 0. The second-order valence-corrected chi connectivity index (χ2v) is 9.12. The zero-order valence-electron chi connectivity index (χ0n) is 15.6. The van der Waals surface area contributed by atoms with Crippen molar-refractivity contribution < 1.29 is 14.3 Å². The summed E-state index contributed by atoms with van der Waals surface area (Å²) in [6.07, 6.45) is 10.7. The number of amides is 1. The molecular formula is C20H33NO3. The second kappa shape index (κ2) is 7.05. The molecule has 2 bridgehead atoms. The van der Waals surface area contributed by atoms with Gasteiger partial charge in [0.25, 0.3) is 0 Å². The summed E-state index contributed by atoms with van der Waals surface area (Å²) in [4.78, 5) is 27.2. The van der Waals surface area contributed by atoms with Crippen LogP contribution >= 0.6 is 0 Å². The molecule has 0 aromatic carbocycles. The third-order valence-electron chi connectivity index (χ3n) is 6.01. The number of carbonyl (C=O) groups excluding carboxylic acids is 2. The molecule has 0 spiro atoms. The van der Waals surface area contributed by atoms with Gasteiger partial charge >= 0.3 is 6.09 Å². The van der Waals surface area contributed by atoms with Gasteiger partial charge < -0.3 is 9.64 Å². The van der Waals surface area contributed by atoms with E-state index in [9.17, 15) is 9.59 Å². The van der Waals surface area contributed by atoms with Crippen molar-refractivity contribution in [2.75, 3.05) is 0 Å². The fourth-order valence-electron chi connectivity index (χ4n) is 4.90. The molecule has 3 rings (SSSR count). The Morgan fingerprint density at radius 1 is 0.958 bits per heavy atom. The van der Waals surface area contributed by atoms with E-state index in [1.54, 1.807) is 0 Å². The Kier molecular flexibility index (Phi) is 5.22. The first-order chi connectivity index (χ1) is 11.3. The van der Waals surface area contributed by atoms with Crippen LogP contribution in [0.2, 0.25) is 0 Å². The van der Waals surface area contributed by atoms with Gasteiger partial charge in [-0.05, 0) is 52.4 Å². The van der Waals surface area contributed by atoms with Gasteiger partial charge in [-0.15, -0.1) is 0 Å². The molecule has 0 N–H and O–H groups in total. The summed E-state index contributed by atoms with van der Waals surface area (Å²) in [6.45, 7) is 5.73. The summed E-state index contributed by atoms with van der Waals surface area (Å²) in [7, 11) is 0. The highest BCUT2D eigenvalue weighted by molar-refractivity contribution is 5.82. The van der Waals surface area contributed by atoms with E-state index in [1.165, 1.54) is 32.1 Å². The molecule has 24 heavy (non-hydrogen) atoms. The third-order valence-corrected chi connectivity index (χ3v) is 6.01. The lowest BCUT2D eigenvalue weighted by Gasteiger charge is -2.39. The third kappa shape index (κ3) is 4.12. The molecule has 1 amide bonds. The fourth-order valence-corrected chi connectivity index (χ4v) is 4.90. The largest absolute Gasteiger partial charge is 0.444 e. The first-order valence-electron chi connectivity index (χ1n) is 9.87. The van der Waals surface area contributed by atoms with E-state index < -0.39 is 5.60 Å². The molecule has 2 atom stereocenters. The number of nitrogens with zero attached hydrogens (tertiary/aromatic N) is 1. The van der Waals surface area contributed by atoms with Crippen LogP contribution in [-0.4, -0.2) is 34.5 Å². The highest BCUT2D eigenvalue weighted by Crippen LogP contribution is 2.41. The Labute approximate surface area is 146 Å². The van der Waals surface area contributed by atoms with Gasteiger partial charge in [0.2, 0.25) is 0 Å². The lowest BCUT2D eigenvalue weighted by molar-refractivity contribution is -0.126. The number of ketones is 1. The van der Waals surface area contributed by atoms with Crippen molar-refractivity contribution in [3.05, 3.63) is 0 Å². The number of rotatable bonds is 3. The molecule has 2 aliphatic heterocycles. The number of ether oxygens (including phenoxy) is 1. The quantitative estimate of drug-likeness (QED) is 0.751. The van der Waals surface area contributed by atoms with E-state index >= 15 is 0 Å². The average Bonchev–Trinajstić information content (AvgIpc) is 2.77. The molecule has 1 aliphatic carbocycles. The van der Waals surface area contributed by atoms with Crippen LogP contribution in [0.3, 0.4) is 0 Å². The van der Waals surface area contributed by atoms with Crippen LogP contribution in [-0.2, 0) is 9.53 Å². The van der Waals surface area contributed by atoms with E-state index in [-0.39, 0.29) is 24.1 Å². The van der Waals surface area contributed by atoms with Crippen molar-refractivity contribution in [2.24, 2.45) is 11.8 Å². The topological polar surface area (TPSA) is 46.6 Å². The molecule has 2 saturated heterocycles. The van der Waals surface area contributed by atoms with Crippen LogP contribution in [0, 0.1) is 11.8 Å². The van der Waals surface area contributed by atoms with Crippen molar-refractivity contribution in [3.63, 3.8) is 0 Å². The number of piperidine rings is 1. The van der Waals surface area contributed by atoms with Crippen molar-refractivity contribution in [1.82, 2.24) is 4.90 Å². The standard InChI is InChI=1S/C20H33NO3/c1-20(2,3)24-19(23)21-16-9-10-17(21)13-15(12-16)18(22)11-14-7-5-4-6-8-14/h14-17H,4-13H2,1-3H3. The Morgan fingerprint density at radius 3 is 2.08 bits per heavy atom. The molecule has 0 aromatic heterocycles. The average molecular weight is 335 g/mol. The molecule has 2 unspecified atom stereocenters. The lowest BCUT2D eigenvalue weighted by atomic mass is 9.80. The maximum Gasteiger partial charge on any atom is 0.410 e. The fraction of sp³-hybridized carbons (Fsp3) is 0.900. The van der Waals surface area contributed by atoms with Crippen molar-refractivity contribution in [3.8, 4) is 0 Å². The Hall–Kier alpha value is -1.06. The first-order valence-corrected chi connectivity index (χ1v) is 9.87. The van der Waals surface area contributed by atoms with Crippen LogP contribution in [0.1, 0.15) is 85.0 Å². The highest BCUT2D eigenvalue weighted by atomic mass is 16.6. The van der Waals surface area contributed by atoms with Crippen LogP contribution < -0.4 is 0 Å². The summed E-state index contributed by atoms with van der Waals surface area (Å²) in [6, 6.07) is 0.415. The molecule has 0 radical (unpaired) electrons. The van der Waals surface area contributed by atoms with Gasteiger partial charge in [-0.3, -0.25) is 4.79 Å². The SMILES string of the molecule is CC(C)(C)OC(=O)N1C2CCC1CC(C(=O)CC1CCCCC1)C2. The number of hydrogen-bond donors (Lipinski definition) is 0. The van der Waals surface area contributed by atoms with Crippen molar-refractivity contribution in [1.29, 1.82) is 0 Å². The molecule has 1 saturated carbocycles. The molecule has 0 aromatic rings. The normalized spacial score (nSPS) is 31.1. The summed E-state index contributed by atoms with van der Waals surface area (Å²) in [5.74, 6) is 1.25. The number of Topliss-reactive ketones (excluding diaryl/α,β-unsaturated/α-hetero) is 1. The molecular weight excluding hydrogens is 302 g/mol. The van der Waals surface area contributed by atoms with Gasteiger partial charge in [0.05, 0.1) is 0 Å². The molecule has 3 fully saturated rings. The number of carbonyl (C=O) groups is 2. The predicted octanol–water partition coefficient (Wildman–Crippen LogP) is 4.70. The molecule has 3 aliphatic rings. The van der Waals surface area contributed by atoms with Crippen molar-refractivity contribution >= 4 is 11.9 Å². The van der Waals surface area contributed by atoms with Gasteiger partial charge in [0.1, 0.15) is 11.4 Å². The molecule has 4 heteroatoms. The van der Waals surface area contributed by atoms with E-state index in [0.29, 0.717) is 11.7 Å². The van der Waals surface area contributed by atoms with Gasteiger partial charge in [0, 0.05) is 24.4 Å². The van der Waals surface area contributed by atoms with E-state index in [4.69, 9.17) is 4.74 Å². The van der Waals surface area contributed by atoms with Gasteiger partial charge in [0.15, 0.2) is 0 Å². The van der Waals surface area contributed by atoms with Crippen LogP contribution in [0.15, 0.2) is 0 Å². The number of hydrogen-bond acceptors (Lipinski definition) is 3. The zero-order valence-corrected chi connectivity index (χ0v) is 15.6. The van der Waals surface area contributed by atoms with E-state index in [2.05, 4.69) is 0 Å². The smallest absolute Gasteiger partial charge is 0.410 e. The Bertz CT molecular complexity index is 462. The molecule has 4 nitrogen and oxygen atoms in total. The van der Waals surface area contributed by atoms with Gasteiger partial charge in [-0.2, -0.15) is 0 Å². The van der Waals surface area contributed by atoms with E-state index in [0.717, 1.165) is 32.1 Å². The Morgan fingerprint density at radius 2 is 1.54 bits per heavy atom. The minimum Gasteiger partial charge on any atom is -0.444 e. The molecule has 2 heterocycles. The maximum atomic E-state index is 12.8. The number of fused-ring (bicyclic) bond motifs is 2. The van der Waals surface area contributed by atoms with Crippen LogP contribution in [0.25, 0.3) is 0 Å². The van der Waals surface area contributed by atoms with E-state index in [1.807, 2.05) is 25.7 Å². The minimum atomic E-state index is -0.454. The van der Waals surface area contributed by atoms with Gasteiger partial charge in [-0.25, -0.2) is 4.79 Å². The summed E-state index contributed by atoms with van der Waals surface area (Å²) < 4.78 is 5.58. The minimum absolute atomic E-state index is 0.170. The van der Waals surface area contributed by atoms with Crippen molar-refractivity contribution in [2.45, 2.75) is 103 Å². The second-order valence-electron chi connectivity index (χ2n) is 9.12. The first kappa shape index (κ1) is 17.8. The van der Waals surface area contributed by atoms with Crippen LogP contribution in [0.5, 0.6) is 0 Å². The zero-order chi connectivity index (χ0) is 17.3. The van der Waals surface area contributed by atoms with Crippen LogP contribution in [0.4, 0.5) is 4.79 Å². The maximum absolute atomic E-state index is 12.8.